The number of hydrogen-bond donors (Lipinski definition) is 2. The lowest BCUT2D eigenvalue weighted by Gasteiger charge is -2.18. The number of rotatable bonds is 5. The molecule has 0 spiro atoms. The van der Waals surface area contributed by atoms with Gasteiger partial charge in [0.05, 0.1) is 11.7 Å². The number of carbonyl (C=O) groups excluding carboxylic acids is 1. The third-order valence-electron chi connectivity index (χ3n) is 3.20. The van der Waals surface area contributed by atoms with Crippen LogP contribution >= 0.6 is 11.3 Å². The molecule has 2 N–H and O–H groups in total. The van der Waals surface area contributed by atoms with E-state index in [-0.39, 0.29) is 17.8 Å². The molecule has 0 radical (unpaired) electrons. The van der Waals surface area contributed by atoms with Crippen LogP contribution in [0.1, 0.15) is 40.2 Å². The molecule has 114 valence electrons. The quantitative estimate of drug-likeness (QED) is 0.890. The SMILES string of the molecule is CC(CC(O)c1ccc(F)cc1)NC(=O)c1sccc1C#N. The molecule has 2 atom stereocenters. The van der Waals surface area contributed by atoms with Gasteiger partial charge in [-0.3, -0.25) is 4.79 Å². The molecule has 1 aromatic heterocycles. The Bertz CT molecular complexity index is 691. The molecule has 2 unspecified atom stereocenters. The first kappa shape index (κ1) is 16.1. The Morgan fingerprint density at radius 2 is 2.09 bits per heavy atom. The first-order valence-electron chi connectivity index (χ1n) is 6.73. The van der Waals surface area contributed by atoms with E-state index in [1.165, 1.54) is 35.6 Å². The second-order valence-electron chi connectivity index (χ2n) is 4.95. The van der Waals surface area contributed by atoms with Crippen molar-refractivity contribution < 1.29 is 14.3 Å². The second kappa shape index (κ2) is 7.16. The van der Waals surface area contributed by atoms with Gasteiger partial charge in [-0.25, -0.2) is 4.39 Å². The predicted octanol–water partition coefficient (Wildman–Crippen LogP) is 3.00. The number of thiophene rings is 1. The van der Waals surface area contributed by atoms with E-state index in [0.717, 1.165) is 0 Å². The van der Waals surface area contributed by atoms with Crippen molar-refractivity contribution in [1.82, 2.24) is 5.32 Å². The van der Waals surface area contributed by atoms with Crippen LogP contribution in [0.5, 0.6) is 0 Å². The highest BCUT2D eigenvalue weighted by Gasteiger charge is 2.18. The fourth-order valence-electron chi connectivity index (χ4n) is 2.08. The Morgan fingerprint density at radius 1 is 1.41 bits per heavy atom. The van der Waals surface area contributed by atoms with Crippen molar-refractivity contribution in [3.8, 4) is 6.07 Å². The van der Waals surface area contributed by atoms with Gasteiger partial charge in [0.1, 0.15) is 16.8 Å². The number of nitrogens with one attached hydrogen (secondary N) is 1. The fourth-order valence-corrected chi connectivity index (χ4v) is 2.82. The number of aliphatic hydroxyl groups is 1. The van der Waals surface area contributed by atoms with Crippen LogP contribution in [0.15, 0.2) is 35.7 Å². The van der Waals surface area contributed by atoms with Crippen LogP contribution in [0.2, 0.25) is 0 Å². The van der Waals surface area contributed by atoms with E-state index in [4.69, 9.17) is 5.26 Å². The van der Waals surface area contributed by atoms with E-state index in [2.05, 4.69) is 5.32 Å². The summed E-state index contributed by atoms with van der Waals surface area (Å²) in [4.78, 5) is 12.4. The van der Waals surface area contributed by atoms with Crippen molar-refractivity contribution in [2.75, 3.05) is 0 Å². The van der Waals surface area contributed by atoms with Crippen LogP contribution < -0.4 is 5.32 Å². The average Bonchev–Trinajstić information content (AvgIpc) is 2.96. The minimum atomic E-state index is -0.797. The summed E-state index contributed by atoms with van der Waals surface area (Å²) in [6.45, 7) is 1.77. The second-order valence-corrected chi connectivity index (χ2v) is 5.87. The summed E-state index contributed by atoms with van der Waals surface area (Å²) in [6.07, 6.45) is -0.500. The van der Waals surface area contributed by atoms with Gasteiger partial charge < -0.3 is 10.4 Å². The number of nitriles is 1. The lowest BCUT2D eigenvalue weighted by molar-refractivity contribution is 0.0921. The summed E-state index contributed by atoms with van der Waals surface area (Å²) in [5.74, 6) is -0.690. The molecule has 4 nitrogen and oxygen atoms in total. The maximum Gasteiger partial charge on any atom is 0.262 e. The third-order valence-corrected chi connectivity index (χ3v) is 4.11. The van der Waals surface area contributed by atoms with Gasteiger partial charge in [-0.1, -0.05) is 12.1 Å². The minimum absolute atomic E-state index is 0.291. The van der Waals surface area contributed by atoms with Crippen LogP contribution in [-0.2, 0) is 0 Å². The molecular weight excluding hydrogens is 303 g/mol. The Balaban J connectivity index is 1.95. The highest BCUT2D eigenvalue weighted by Crippen LogP contribution is 2.20. The number of nitrogens with zero attached hydrogens (tertiary/aromatic N) is 1. The minimum Gasteiger partial charge on any atom is -0.388 e. The summed E-state index contributed by atoms with van der Waals surface area (Å²) in [5.41, 5.74) is 0.935. The summed E-state index contributed by atoms with van der Waals surface area (Å²) in [7, 11) is 0. The number of hydrogen-bond acceptors (Lipinski definition) is 4. The third kappa shape index (κ3) is 3.91. The Kier molecular flexibility index (Phi) is 5.26. The molecule has 0 saturated heterocycles. The van der Waals surface area contributed by atoms with Gasteiger partial charge in [0.15, 0.2) is 0 Å². The molecule has 0 saturated carbocycles. The van der Waals surface area contributed by atoms with Gasteiger partial charge in [0.2, 0.25) is 0 Å². The smallest absolute Gasteiger partial charge is 0.262 e. The largest absolute Gasteiger partial charge is 0.388 e. The van der Waals surface area contributed by atoms with Crippen molar-refractivity contribution in [2.45, 2.75) is 25.5 Å². The standard InChI is InChI=1S/C16H15FN2O2S/c1-10(8-14(20)11-2-4-13(17)5-3-11)19-16(21)15-12(9-18)6-7-22-15/h2-7,10,14,20H,8H2,1H3,(H,19,21). The highest BCUT2D eigenvalue weighted by molar-refractivity contribution is 7.12. The van der Waals surface area contributed by atoms with Gasteiger partial charge in [0.25, 0.3) is 5.91 Å². The zero-order valence-electron chi connectivity index (χ0n) is 11.9. The lowest BCUT2D eigenvalue weighted by atomic mass is 10.0. The van der Waals surface area contributed by atoms with Gasteiger partial charge in [-0.05, 0) is 42.5 Å². The molecule has 1 aromatic carbocycles. The molecule has 1 amide bonds. The van der Waals surface area contributed by atoms with Crippen molar-refractivity contribution in [3.05, 3.63) is 57.5 Å². The zero-order chi connectivity index (χ0) is 16.1. The van der Waals surface area contributed by atoms with Gasteiger partial charge in [-0.15, -0.1) is 11.3 Å². The van der Waals surface area contributed by atoms with E-state index in [1.807, 2.05) is 6.07 Å². The van der Waals surface area contributed by atoms with Gasteiger partial charge >= 0.3 is 0 Å². The summed E-state index contributed by atoms with van der Waals surface area (Å²) in [6, 6.07) is 8.87. The van der Waals surface area contributed by atoms with E-state index >= 15 is 0 Å². The number of carbonyl (C=O) groups is 1. The number of benzene rings is 1. The van der Waals surface area contributed by atoms with E-state index < -0.39 is 6.10 Å². The summed E-state index contributed by atoms with van der Waals surface area (Å²) >= 11 is 1.20. The molecule has 22 heavy (non-hydrogen) atoms. The normalized spacial score (nSPS) is 13.2. The topological polar surface area (TPSA) is 73.1 Å². The summed E-state index contributed by atoms with van der Waals surface area (Å²) in [5, 5.41) is 23.5. The summed E-state index contributed by atoms with van der Waals surface area (Å²) < 4.78 is 12.8. The van der Waals surface area contributed by atoms with Gasteiger partial charge in [0, 0.05) is 6.04 Å². The molecule has 2 aromatic rings. The molecule has 0 aliphatic heterocycles. The van der Waals surface area contributed by atoms with Crippen molar-refractivity contribution in [2.24, 2.45) is 0 Å². The fraction of sp³-hybridized carbons (Fsp3) is 0.250. The molecule has 0 bridgehead atoms. The molecule has 0 fully saturated rings. The van der Waals surface area contributed by atoms with Gasteiger partial charge in [-0.2, -0.15) is 5.26 Å². The van der Waals surface area contributed by atoms with E-state index in [1.54, 1.807) is 18.4 Å². The maximum atomic E-state index is 12.8. The van der Waals surface area contributed by atoms with E-state index in [0.29, 0.717) is 22.4 Å². The number of amides is 1. The van der Waals surface area contributed by atoms with Crippen LogP contribution in [0.25, 0.3) is 0 Å². The predicted molar refractivity (Wildman–Crippen MR) is 81.9 cm³/mol. The molecular formula is C16H15FN2O2S. The molecule has 0 aliphatic rings. The van der Waals surface area contributed by atoms with Crippen molar-refractivity contribution >= 4 is 17.2 Å². The molecule has 6 heteroatoms. The monoisotopic (exact) mass is 318 g/mol. The average molecular weight is 318 g/mol. The highest BCUT2D eigenvalue weighted by atomic mass is 32.1. The Hall–Kier alpha value is -2.23. The molecule has 0 aliphatic carbocycles. The number of halogens is 1. The number of aliphatic hydroxyl groups excluding tert-OH is 1. The first-order chi connectivity index (χ1) is 10.5. The molecule has 1 heterocycles. The van der Waals surface area contributed by atoms with Crippen LogP contribution in [0.3, 0.4) is 0 Å². The maximum absolute atomic E-state index is 12.8. The Morgan fingerprint density at radius 3 is 2.73 bits per heavy atom. The van der Waals surface area contributed by atoms with Crippen LogP contribution in [-0.4, -0.2) is 17.1 Å². The van der Waals surface area contributed by atoms with E-state index in [9.17, 15) is 14.3 Å². The molecule has 2 rings (SSSR count). The Labute approximate surface area is 131 Å². The van der Waals surface area contributed by atoms with Crippen molar-refractivity contribution in [3.63, 3.8) is 0 Å². The zero-order valence-corrected chi connectivity index (χ0v) is 12.7. The van der Waals surface area contributed by atoms with Crippen LogP contribution in [0, 0.1) is 17.1 Å². The van der Waals surface area contributed by atoms with Crippen LogP contribution in [0.4, 0.5) is 4.39 Å². The first-order valence-corrected chi connectivity index (χ1v) is 7.61. The lowest BCUT2D eigenvalue weighted by Crippen LogP contribution is -2.33. The van der Waals surface area contributed by atoms with Crippen molar-refractivity contribution in [1.29, 1.82) is 5.26 Å².